The largest absolute Gasteiger partial charge is 0.481 e. The average molecular weight is 269 g/mol. The van der Waals surface area contributed by atoms with E-state index < -0.39 is 5.97 Å². The molecule has 2 aliphatic heterocycles. The molecule has 1 amide bonds. The van der Waals surface area contributed by atoms with Gasteiger partial charge in [-0.1, -0.05) is 6.92 Å². The van der Waals surface area contributed by atoms with Crippen molar-refractivity contribution < 1.29 is 19.4 Å². The Balaban J connectivity index is 1.83. The van der Waals surface area contributed by atoms with E-state index in [4.69, 9.17) is 9.84 Å². The Morgan fingerprint density at radius 1 is 1.26 bits per heavy atom. The van der Waals surface area contributed by atoms with Crippen LogP contribution in [0.25, 0.3) is 0 Å². The number of carbonyl (C=O) groups excluding carboxylic acids is 1. The van der Waals surface area contributed by atoms with Crippen LogP contribution in [0.3, 0.4) is 0 Å². The summed E-state index contributed by atoms with van der Waals surface area (Å²) in [4.78, 5) is 25.0. The summed E-state index contributed by atoms with van der Waals surface area (Å²) in [5.41, 5.74) is 0. The molecule has 2 atom stereocenters. The number of hydrogen-bond donors (Lipinski definition) is 1. The second kappa shape index (κ2) is 6.37. The zero-order chi connectivity index (χ0) is 13.8. The number of piperidine rings is 1. The number of rotatable bonds is 4. The monoisotopic (exact) mass is 269 g/mol. The van der Waals surface area contributed by atoms with Gasteiger partial charge < -0.3 is 14.7 Å². The molecule has 108 valence electrons. The highest BCUT2D eigenvalue weighted by atomic mass is 16.5. The molecule has 0 radical (unpaired) electrons. The maximum atomic E-state index is 12.4. The van der Waals surface area contributed by atoms with Crippen LogP contribution in [0, 0.1) is 11.8 Å². The molecule has 0 bridgehead atoms. The van der Waals surface area contributed by atoms with Gasteiger partial charge in [0, 0.05) is 26.1 Å². The lowest BCUT2D eigenvalue weighted by Crippen LogP contribution is -2.44. The number of carboxylic acids is 1. The van der Waals surface area contributed by atoms with Crippen LogP contribution in [0.2, 0.25) is 0 Å². The van der Waals surface area contributed by atoms with Crippen LogP contribution >= 0.6 is 0 Å². The van der Waals surface area contributed by atoms with Crippen molar-refractivity contribution in [3.8, 4) is 0 Å². The fourth-order valence-electron chi connectivity index (χ4n) is 3.17. The smallest absolute Gasteiger partial charge is 0.303 e. The third-order valence-electron chi connectivity index (χ3n) is 4.32. The van der Waals surface area contributed by atoms with E-state index >= 15 is 0 Å². The number of nitrogens with zero attached hydrogens (tertiary/aromatic N) is 1. The van der Waals surface area contributed by atoms with E-state index in [2.05, 4.69) is 6.92 Å². The summed E-state index contributed by atoms with van der Waals surface area (Å²) < 4.78 is 5.58. The van der Waals surface area contributed by atoms with Crippen molar-refractivity contribution in [2.24, 2.45) is 11.8 Å². The molecule has 2 saturated heterocycles. The average Bonchev–Trinajstić information content (AvgIpc) is 2.86. The standard InChI is InChI=1S/C14H23NO4/c1-2-12-11(5-8-19-12)14(18)15-6-3-10(4-7-15)9-13(16)17/h10-12H,2-9H2,1H3,(H,16,17). The van der Waals surface area contributed by atoms with Gasteiger partial charge in [-0.3, -0.25) is 9.59 Å². The van der Waals surface area contributed by atoms with Gasteiger partial charge in [0.2, 0.25) is 5.91 Å². The molecular formula is C14H23NO4. The van der Waals surface area contributed by atoms with E-state index in [1.807, 2.05) is 4.90 Å². The molecule has 0 aliphatic carbocycles. The fraction of sp³-hybridized carbons (Fsp3) is 0.857. The number of carbonyl (C=O) groups is 2. The molecule has 0 spiro atoms. The summed E-state index contributed by atoms with van der Waals surface area (Å²) in [6, 6.07) is 0. The maximum Gasteiger partial charge on any atom is 0.303 e. The molecule has 5 heteroatoms. The summed E-state index contributed by atoms with van der Waals surface area (Å²) in [7, 11) is 0. The molecule has 2 fully saturated rings. The van der Waals surface area contributed by atoms with Crippen LogP contribution in [-0.4, -0.2) is 47.7 Å². The molecule has 5 nitrogen and oxygen atoms in total. The molecule has 2 heterocycles. The number of amides is 1. The van der Waals surface area contributed by atoms with Gasteiger partial charge in [0.25, 0.3) is 0 Å². The van der Waals surface area contributed by atoms with Gasteiger partial charge in [-0.25, -0.2) is 0 Å². The van der Waals surface area contributed by atoms with Crippen LogP contribution in [0.5, 0.6) is 0 Å². The van der Waals surface area contributed by atoms with Crippen molar-refractivity contribution in [1.82, 2.24) is 4.90 Å². The third-order valence-corrected chi connectivity index (χ3v) is 4.32. The Morgan fingerprint density at radius 2 is 1.95 bits per heavy atom. The first-order chi connectivity index (χ1) is 9.11. The highest BCUT2D eigenvalue weighted by Gasteiger charge is 2.36. The molecule has 2 unspecified atom stereocenters. The predicted octanol–water partition coefficient (Wildman–Crippen LogP) is 1.51. The first-order valence-electron chi connectivity index (χ1n) is 7.24. The Hall–Kier alpha value is -1.10. The Morgan fingerprint density at radius 3 is 2.53 bits per heavy atom. The van der Waals surface area contributed by atoms with Crippen LogP contribution < -0.4 is 0 Å². The molecule has 0 aromatic rings. The zero-order valence-electron chi connectivity index (χ0n) is 11.5. The predicted molar refractivity (Wildman–Crippen MR) is 69.7 cm³/mol. The topological polar surface area (TPSA) is 66.8 Å². The minimum atomic E-state index is -0.736. The Bertz CT molecular complexity index is 336. The van der Waals surface area contributed by atoms with Crippen molar-refractivity contribution in [2.75, 3.05) is 19.7 Å². The minimum Gasteiger partial charge on any atom is -0.481 e. The first kappa shape index (κ1) is 14.3. The van der Waals surface area contributed by atoms with E-state index in [1.54, 1.807) is 0 Å². The van der Waals surface area contributed by atoms with Crippen LogP contribution in [0.4, 0.5) is 0 Å². The summed E-state index contributed by atoms with van der Waals surface area (Å²) in [5.74, 6) is -0.289. The normalized spacial score (nSPS) is 28.6. The van der Waals surface area contributed by atoms with Gasteiger partial charge in [0.15, 0.2) is 0 Å². The van der Waals surface area contributed by atoms with Crippen molar-refractivity contribution in [3.05, 3.63) is 0 Å². The van der Waals surface area contributed by atoms with E-state index in [0.29, 0.717) is 19.7 Å². The molecule has 19 heavy (non-hydrogen) atoms. The summed E-state index contributed by atoms with van der Waals surface area (Å²) >= 11 is 0. The molecule has 1 N–H and O–H groups in total. The number of likely N-dealkylation sites (tertiary alicyclic amines) is 1. The number of carboxylic acid groups (broad SMARTS) is 1. The quantitative estimate of drug-likeness (QED) is 0.840. The van der Waals surface area contributed by atoms with Crippen LogP contribution in [0.1, 0.15) is 39.0 Å². The number of ether oxygens (including phenoxy) is 1. The summed E-state index contributed by atoms with van der Waals surface area (Å²) in [6.45, 7) is 4.13. The van der Waals surface area contributed by atoms with Crippen molar-refractivity contribution >= 4 is 11.9 Å². The van der Waals surface area contributed by atoms with E-state index in [-0.39, 0.29) is 30.3 Å². The first-order valence-corrected chi connectivity index (χ1v) is 7.24. The lowest BCUT2D eigenvalue weighted by Gasteiger charge is -2.33. The van der Waals surface area contributed by atoms with Crippen LogP contribution in [-0.2, 0) is 14.3 Å². The Kier molecular flexibility index (Phi) is 4.80. The second-order valence-electron chi connectivity index (χ2n) is 5.58. The Labute approximate surface area is 113 Å². The zero-order valence-corrected chi connectivity index (χ0v) is 11.5. The summed E-state index contributed by atoms with van der Waals surface area (Å²) in [6.07, 6.45) is 3.62. The number of aliphatic carboxylic acids is 1. The van der Waals surface area contributed by atoms with Gasteiger partial charge in [-0.2, -0.15) is 0 Å². The van der Waals surface area contributed by atoms with Gasteiger partial charge in [-0.05, 0) is 31.6 Å². The maximum absolute atomic E-state index is 12.4. The van der Waals surface area contributed by atoms with E-state index in [1.165, 1.54) is 0 Å². The third kappa shape index (κ3) is 3.47. The molecular weight excluding hydrogens is 246 g/mol. The van der Waals surface area contributed by atoms with Crippen molar-refractivity contribution in [3.63, 3.8) is 0 Å². The summed E-state index contributed by atoms with van der Waals surface area (Å²) in [5, 5.41) is 8.78. The molecule has 0 saturated carbocycles. The van der Waals surface area contributed by atoms with Gasteiger partial charge >= 0.3 is 5.97 Å². The van der Waals surface area contributed by atoms with Crippen molar-refractivity contribution in [1.29, 1.82) is 0 Å². The molecule has 2 rings (SSSR count). The van der Waals surface area contributed by atoms with Gasteiger partial charge in [0.1, 0.15) is 0 Å². The van der Waals surface area contributed by atoms with E-state index in [0.717, 1.165) is 25.7 Å². The second-order valence-corrected chi connectivity index (χ2v) is 5.58. The van der Waals surface area contributed by atoms with Gasteiger partial charge in [-0.15, -0.1) is 0 Å². The van der Waals surface area contributed by atoms with E-state index in [9.17, 15) is 9.59 Å². The highest BCUT2D eigenvalue weighted by molar-refractivity contribution is 5.79. The van der Waals surface area contributed by atoms with Crippen LogP contribution in [0.15, 0.2) is 0 Å². The van der Waals surface area contributed by atoms with Gasteiger partial charge in [0.05, 0.1) is 12.0 Å². The number of hydrogen-bond acceptors (Lipinski definition) is 3. The molecule has 0 aromatic carbocycles. The molecule has 2 aliphatic rings. The SMILES string of the molecule is CCC1OCCC1C(=O)N1CCC(CC(=O)O)CC1. The lowest BCUT2D eigenvalue weighted by atomic mass is 9.91. The molecule has 0 aromatic heterocycles. The highest BCUT2D eigenvalue weighted by Crippen LogP contribution is 2.28. The minimum absolute atomic E-state index is 0.0148. The fourth-order valence-corrected chi connectivity index (χ4v) is 3.17. The van der Waals surface area contributed by atoms with Crippen molar-refractivity contribution in [2.45, 2.75) is 45.1 Å². The lowest BCUT2D eigenvalue weighted by molar-refractivity contribution is -0.140.